The number of aromatic amines is 1. The van der Waals surface area contributed by atoms with Crippen LogP contribution in [-0.2, 0) is 0 Å². The maximum absolute atomic E-state index is 11.2. The van der Waals surface area contributed by atoms with Crippen molar-refractivity contribution in [2.24, 2.45) is 0 Å². The average Bonchev–Trinajstić information content (AvgIpc) is 2.85. The number of hydrogen-bond donors (Lipinski definition) is 2. The molecule has 100 valence electrons. The summed E-state index contributed by atoms with van der Waals surface area (Å²) in [5, 5.41) is 17.7. The number of carbonyl (C=O) groups is 1. The van der Waals surface area contributed by atoms with E-state index in [1.807, 2.05) is 6.07 Å². The van der Waals surface area contributed by atoms with Gasteiger partial charge >= 0.3 is 5.97 Å². The van der Waals surface area contributed by atoms with Gasteiger partial charge in [-0.25, -0.2) is 4.79 Å². The van der Waals surface area contributed by atoms with Crippen LogP contribution < -0.4 is 0 Å². The minimum absolute atomic E-state index is 0.182. The van der Waals surface area contributed by atoms with Gasteiger partial charge in [-0.3, -0.25) is 5.10 Å². The van der Waals surface area contributed by atoms with E-state index < -0.39 is 5.97 Å². The molecular formula is C14H8Cl2N2O2. The normalized spacial score (nSPS) is 10.9. The molecule has 1 heterocycles. The molecule has 6 heteroatoms. The number of halogens is 2. The van der Waals surface area contributed by atoms with E-state index in [9.17, 15) is 4.79 Å². The van der Waals surface area contributed by atoms with Gasteiger partial charge in [0.25, 0.3) is 0 Å². The lowest BCUT2D eigenvalue weighted by Crippen LogP contribution is -1.96. The third-order valence-corrected chi connectivity index (χ3v) is 3.76. The number of H-pyrrole nitrogens is 1. The van der Waals surface area contributed by atoms with Gasteiger partial charge in [0.05, 0.1) is 26.8 Å². The Bertz CT molecular complexity index is 827. The van der Waals surface area contributed by atoms with E-state index in [0.29, 0.717) is 21.3 Å². The number of aromatic carboxylic acids is 1. The molecule has 0 unspecified atom stereocenters. The van der Waals surface area contributed by atoms with Crippen LogP contribution in [0.2, 0.25) is 10.0 Å². The fourth-order valence-electron chi connectivity index (χ4n) is 2.08. The Morgan fingerprint density at radius 3 is 2.65 bits per heavy atom. The highest BCUT2D eigenvalue weighted by atomic mass is 35.5. The summed E-state index contributed by atoms with van der Waals surface area (Å²) in [5.74, 6) is -1.00. The van der Waals surface area contributed by atoms with Crippen molar-refractivity contribution in [3.8, 4) is 11.3 Å². The largest absolute Gasteiger partial charge is 0.478 e. The van der Waals surface area contributed by atoms with Crippen LogP contribution >= 0.6 is 23.2 Å². The van der Waals surface area contributed by atoms with Crippen molar-refractivity contribution in [1.29, 1.82) is 0 Å². The van der Waals surface area contributed by atoms with E-state index >= 15 is 0 Å². The summed E-state index contributed by atoms with van der Waals surface area (Å²) in [5.41, 5.74) is 2.08. The van der Waals surface area contributed by atoms with E-state index in [2.05, 4.69) is 10.2 Å². The van der Waals surface area contributed by atoms with Crippen molar-refractivity contribution >= 4 is 40.1 Å². The third kappa shape index (κ3) is 2.03. The summed E-state index contributed by atoms with van der Waals surface area (Å²) in [6, 6.07) is 10.2. The Labute approximate surface area is 123 Å². The molecule has 0 radical (unpaired) electrons. The molecule has 2 N–H and O–H groups in total. The molecule has 2 aromatic carbocycles. The molecule has 0 saturated heterocycles. The standard InChI is InChI=1S/C14H8Cl2N2O2/c15-10-5-4-7(6-11(10)16)12-8-2-1-3-9(14(19)20)13(8)18-17-12/h1-6H,(H,17,18)(H,19,20). The third-order valence-electron chi connectivity index (χ3n) is 3.02. The molecule has 20 heavy (non-hydrogen) atoms. The van der Waals surface area contributed by atoms with Gasteiger partial charge in [-0.15, -0.1) is 0 Å². The quantitative estimate of drug-likeness (QED) is 0.744. The average molecular weight is 307 g/mol. The molecule has 0 amide bonds. The summed E-state index contributed by atoms with van der Waals surface area (Å²) in [6.07, 6.45) is 0. The first kappa shape index (κ1) is 13.0. The van der Waals surface area contributed by atoms with Gasteiger partial charge in [-0.1, -0.05) is 41.4 Å². The molecule has 0 aliphatic carbocycles. The lowest BCUT2D eigenvalue weighted by atomic mass is 10.1. The molecule has 0 fully saturated rings. The Hall–Kier alpha value is -2.04. The van der Waals surface area contributed by atoms with Crippen molar-refractivity contribution < 1.29 is 9.90 Å². The summed E-state index contributed by atoms with van der Waals surface area (Å²) >= 11 is 11.9. The van der Waals surface area contributed by atoms with E-state index in [1.165, 1.54) is 6.07 Å². The number of hydrogen-bond acceptors (Lipinski definition) is 2. The number of benzene rings is 2. The van der Waals surface area contributed by atoms with Crippen molar-refractivity contribution in [2.75, 3.05) is 0 Å². The lowest BCUT2D eigenvalue weighted by molar-refractivity contribution is 0.0699. The first-order valence-corrected chi connectivity index (χ1v) is 6.49. The smallest absolute Gasteiger partial charge is 0.337 e. The van der Waals surface area contributed by atoms with Crippen molar-refractivity contribution in [2.45, 2.75) is 0 Å². The maximum atomic E-state index is 11.2. The zero-order valence-corrected chi connectivity index (χ0v) is 11.5. The fraction of sp³-hybridized carbons (Fsp3) is 0. The Kier molecular flexibility index (Phi) is 3.12. The molecule has 0 aliphatic heterocycles. The summed E-state index contributed by atoms with van der Waals surface area (Å²) < 4.78 is 0. The van der Waals surface area contributed by atoms with Crippen LogP contribution in [0.4, 0.5) is 0 Å². The predicted octanol–water partition coefficient (Wildman–Crippen LogP) is 4.23. The van der Waals surface area contributed by atoms with Crippen LogP contribution in [0, 0.1) is 0 Å². The second-order valence-corrected chi connectivity index (χ2v) is 5.05. The zero-order chi connectivity index (χ0) is 14.3. The van der Waals surface area contributed by atoms with E-state index in [1.54, 1.807) is 24.3 Å². The van der Waals surface area contributed by atoms with Crippen LogP contribution in [0.1, 0.15) is 10.4 Å². The molecule has 4 nitrogen and oxygen atoms in total. The molecule has 1 aromatic heterocycles. The summed E-state index contributed by atoms with van der Waals surface area (Å²) in [6.45, 7) is 0. The van der Waals surface area contributed by atoms with Crippen LogP contribution in [0.25, 0.3) is 22.2 Å². The first-order chi connectivity index (χ1) is 9.58. The number of fused-ring (bicyclic) bond motifs is 1. The number of nitrogens with one attached hydrogen (secondary N) is 1. The van der Waals surface area contributed by atoms with Gasteiger partial charge in [0, 0.05) is 10.9 Å². The lowest BCUT2D eigenvalue weighted by Gasteiger charge is -2.01. The number of aromatic nitrogens is 2. The Balaban J connectivity index is 2.25. The van der Waals surface area contributed by atoms with Gasteiger partial charge in [-0.2, -0.15) is 5.10 Å². The minimum Gasteiger partial charge on any atom is -0.478 e. The van der Waals surface area contributed by atoms with Gasteiger partial charge < -0.3 is 5.11 Å². The van der Waals surface area contributed by atoms with Gasteiger partial charge in [0.2, 0.25) is 0 Å². The Morgan fingerprint density at radius 1 is 1.15 bits per heavy atom. The second kappa shape index (κ2) is 4.81. The maximum Gasteiger partial charge on any atom is 0.337 e. The summed E-state index contributed by atoms with van der Waals surface area (Å²) in [4.78, 5) is 11.2. The molecule has 0 bridgehead atoms. The Morgan fingerprint density at radius 2 is 1.95 bits per heavy atom. The van der Waals surface area contributed by atoms with E-state index in [0.717, 1.165) is 10.9 Å². The van der Waals surface area contributed by atoms with E-state index in [-0.39, 0.29) is 5.56 Å². The summed E-state index contributed by atoms with van der Waals surface area (Å²) in [7, 11) is 0. The highest BCUT2D eigenvalue weighted by Gasteiger charge is 2.15. The predicted molar refractivity (Wildman–Crippen MR) is 78.5 cm³/mol. The number of nitrogens with zero attached hydrogens (tertiary/aromatic N) is 1. The highest BCUT2D eigenvalue weighted by Crippen LogP contribution is 2.32. The molecule has 0 saturated carbocycles. The molecular weight excluding hydrogens is 299 g/mol. The van der Waals surface area contributed by atoms with Crippen LogP contribution in [0.15, 0.2) is 36.4 Å². The number of para-hydroxylation sites is 1. The molecule has 0 spiro atoms. The molecule has 3 rings (SSSR count). The molecule has 0 aliphatic rings. The van der Waals surface area contributed by atoms with Gasteiger partial charge in [0.15, 0.2) is 0 Å². The second-order valence-electron chi connectivity index (χ2n) is 4.23. The van der Waals surface area contributed by atoms with E-state index in [4.69, 9.17) is 28.3 Å². The SMILES string of the molecule is O=C(O)c1cccc2c(-c3ccc(Cl)c(Cl)c3)n[nH]c12. The fourth-order valence-corrected chi connectivity index (χ4v) is 2.38. The number of carboxylic acids is 1. The molecule has 0 atom stereocenters. The number of rotatable bonds is 2. The van der Waals surface area contributed by atoms with Crippen LogP contribution in [0.5, 0.6) is 0 Å². The van der Waals surface area contributed by atoms with Crippen molar-refractivity contribution in [1.82, 2.24) is 10.2 Å². The van der Waals surface area contributed by atoms with Crippen LogP contribution in [0.3, 0.4) is 0 Å². The first-order valence-electron chi connectivity index (χ1n) is 5.73. The topological polar surface area (TPSA) is 66.0 Å². The van der Waals surface area contributed by atoms with Crippen LogP contribution in [-0.4, -0.2) is 21.3 Å². The minimum atomic E-state index is -1.00. The highest BCUT2D eigenvalue weighted by molar-refractivity contribution is 6.42. The molecule has 3 aromatic rings. The van der Waals surface area contributed by atoms with Gasteiger partial charge in [-0.05, 0) is 18.2 Å². The van der Waals surface area contributed by atoms with Crippen molar-refractivity contribution in [3.05, 3.63) is 52.0 Å². The van der Waals surface area contributed by atoms with Gasteiger partial charge in [0.1, 0.15) is 0 Å². The van der Waals surface area contributed by atoms with Crippen molar-refractivity contribution in [3.63, 3.8) is 0 Å². The zero-order valence-electron chi connectivity index (χ0n) is 10.0. The number of carboxylic acid groups (broad SMARTS) is 1. The monoisotopic (exact) mass is 306 g/mol.